The van der Waals surface area contributed by atoms with E-state index < -0.39 is 11.9 Å². The third-order valence-corrected chi connectivity index (χ3v) is 2.83. The van der Waals surface area contributed by atoms with Crippen molar-refractivity contribution in [3.8, 4) is 0 Å². The molecule has 0 amide bonds. The maximum Gasteiger partial charge on any atom is 0.306 e. The number of carbonyl (C=O) groups excluding carboxylic acids is 2. The van der Waals surface area contributed by atoms with Gasteiger partial charge in [0.1, 0.15) is 6.10 Å². The van der Waals surface area contributed by atoms with Crippen molar-refractivity contribution in [2.45, 2.75) is 71.3 Å². The Balaban J connectivity index is 3.35. The summed E-state index contributed by atoms with van der Waals surface area (Å²) in [5.41, 5.74) is 0. The fourth-order valence-corrected chi connectivity index (χ4v) is 1.57. The number of aliphatic hydroxyl groups is 1. The summed E-state index contributed by atoms with van der Waals surface area (Å²) in [7, 11) is 0. The first kappa shape index (κ1) is 17.1. The molecule has 0 fully saturated rings. The van der Waals surface area contributed by atoms with Gasteiger partial charge in [0.25, 0.3) is 0 Å². The summed E-state index contributed by atoms with van der Waals surface area (Å²) in [4.78, 5) is 22.2. The van der Waals surface area contributed by atoms with Crippen molar-refractivity contribution in [1.82, 2.24) is 0 Å². The highest BCUT2D eigenvalue weighted by atomic mass is 16.5. The molecule has 4 heteroatoms. The number of Topliss-reactive ketones (excluding diaryl/α,β-unsaturated/α-hetero) is 1. The largest absolute Gasteiger partial charge is 0.458 e. The van der Waals surface area contributed by atoms with Crippen LogP contribution in [0, 0.1) is 0 Å². The lowest BCUT2D eigenvalue weighted by Crippen LogP contribution is -2.23. The number of esters is 1. The summed E-state index contributed by atoms with van der Waals surface area (Å²) in [6, 6.07) is 0. The third kappa shape index (κ3) is 10.3. The zero-order valence-electron chi connectivity index (χ0n) is 11.6. The predicted molar refractivity (Wildman–Crippen MR) is 70.3 cm³/mol. The standard InChI is InChI=1S/C14H26O4/c1-3-4-5-6-7-8-9-10-14(17)18-11-13(16)12(2)15/h12,15H,3-11H2,1-2H3. The van der Waals surface area contributed by atoms with E-state index in [0.29, 0.717) is 6.42 Å². The van der Waals surface area contributed by atoms with Crippen LogP contribution >= 0.6 is 0 Å². The number of carbonyl (C=O) groups is 2. The Morgan fingerprint density at radius 3 is 2.17 bits per heavy atom. The first-order valence-electron chi connectivity index (χ1n) is 6.94. The number of ether oxygens (including phenoxy) is 1. The van der Waals surface area contributed by atoms with Crippen molar-refractivity contribution in [3.05, 3.63) is 0 Å². The Hall–Kier alpha value is -0.900. The van der Waals surface area contributed by atoms with Crippen molar-refractivity contribution in [1.29, 1.82) is 0 Å². The second-order valence-electron chi connectivity index (χ2n) is 4.67. The summed E-state index contributed by atoms with van der Waals surface area (Å²) < 4.78 is 4.76. The van der Waals surface area contributed by atoms with Gasteiger partial charge in [-0.25, -0.2) is 0 Å². The lowest BCUT2D eigenvalue weighted by Gasteiger charge is -2.05. The minimum absolute atomic E-state index is 0.312. The Morgan fingerprint density at radius 2 is 1.61 bits per heavy atom. The van der Waals surface area contributed by atoms with E-state index in [4.69, 9.17) is 9.84 Å². The summed E-state index contributed by atoms with van der Waals surface area (Å²) in [6.45, 7) is 3.24. The molecule has 0 spiro atoms. The quantitative estimate of drug-likeness (QED) is 0.457. The first-order chi connectivity index (χ1) is 8.57. The van der Waals surface area contributed by atoms with Crippen LogP contribution in [0.4, 0.5) is 0 Å². The van der Waals surface area contributed by atoms with E-state index in [0.717, 1.165) is 19.3 Å². The summed E-state index contributed by atoms with van der Waals surface area (Å²) >= 11 is 0. The van der Waals surface area contributed by atoms with Crippen LogP contribution in [0.3, 0.4) is 0 Å². The van der Waals surface area contributed by atoms with Gasteiger partial charge in [-0.2, -0.15) is 0 Å². The van der Waals surface area contributed by atoms with Crippen molar-refractivity contribution < 1.29 is 19.4 Å². The van der Waals surface area contributed by atoms with Crippen LogP contribution in [0.5, 0.6) is 0 Å². The molecule has 1 N–H and O–H groups in total. The van der Waals surface area contributed by atoms with E-state index in [9.17, 15) is 9.59 Å². The number of hydrogen-bond donors (Lipinski definition) is 1. The molecule has 0 radical (unpaired) electrons. The maximum atomic E-state index is 11.2. The molecule has 4 nitrogen and oxygen atoms in total. The minimum atomic E-state index is -1.06. The van der Waals surface area contributed by atoms with E-state index in [1.807, 2.05) is 0 Å². The van der Waals surface area contributed by atoms with Crippen LogP contribution in [0.1, 0.15) is 65.2 Å². The number of unbranched alkanes of at least 4 members (excludes halogenated alkanes) is 6. The first-order valence-corrected chi connectivity index (χ1v) is 6.94. The summed E-state index contributed by atoms with van der Waals surface area (Å²) in [6.07, 6.45) is 7.31. The Morgan fingerprint density at radius 1 is 1.06 bits per heavy atom. The molecule has 0 rings (SSSR count). The van der Waals surface area contributed by atoms with Crippen LogP contribution in [0.2, 0.25) is 0 Å². The molecule has 1 unspecified atom stereocenters. The number of ketones is 1. The van der Waals surface area contributed by atoms with E-state index in [1.165, 1.54) is 32.6 Å². The van der Waals surface area contributed by atoms with E-state index in [1.54, 1.807) is 0 Å². The van der Waals surface area contributed by atoms with Crippen LogP contribution < -0.4 is 0 Å². The van der Waals surface area contributed by atoms with Gasteiger partial charge in [-0.15, -0.1) is 0 Å². The highest BCUT2D eigenvalue weighted by Gasteiger charge is 2.11. The lowest BCUT2D eigenvalue weighted by molar-refractivity contribution is -0.150. The smallest absolute Gasteiger partial charge is 0.306 e. The second kappa shape index (κ2) is 11.2. The molecular weight excluding hydrogens is 232 g/mol. The fraction of sp³-hybridized carbons (Fsp3) is 0.857. The van der Waals surface area contributed by atoms with Gasteiger partial charge in [0, 0.05) is 6.42 Å². The van der Waals surface area contributed by atoms with Gasteiger partial charge in [0.05, 0.1) is 0 Å². The number of hydrogen-bond acceptors (Lipinski definition) is 4. The molecule has 0 heterocycles. The van der Waals surface area contributed by atoms with Gasteiger partial charge in [0.2, 0.25) is 0 Å². The molecule has 106 valence electrons. The van der Waals surface area contributed by atoms with Gasteiger partial charge in [-0.3, -0.25) is 9.59 Å². The van der Waals surface area contributed by atoms with Crippen LogP contribution in [0.25, 0.3) is 0 Å². The van der Waals surface area contributed by atoms with E-state index in [2.05, 4.69) is 6.92 Å². The molecular formula is C14H26O4. The van der Waals surface area contributed by atoms with Crippen LogP contribution in [-0.4, -0.2) is 29.6 Å². The van der Waals surface area contributed by atoms with E-state index >= 15 is 0 Å². The molecule has 0 aliphatic rings. The molecule has 0 aliphatic carbocycles. The van der Waals surface area contributed by atoms with Gasteiger partial charge in [0.15, 0.2) is 12.4 Å². The third-order valence-electron chi connectivity index (χ3n) is 2.83. The Bertz CT molecular complexity index is 236. The van der Waals surface area contributed by atoms with Gasteiger partial charge < -0.3 is 9.84 Å². The van der Waals surface area contributed by atoms with Crippen molar-refractivity contribution in [2.24, 2.45) is 0 Å². The Kier molecular flexibility index (Phi) is 10.6. The van der Waals surface area contributed by atoms with E-state index in [-0.39, 0.29) is 12.6 Å². The Labute approximate surface area is 110 Å². The monoisotopic (exact) mass is 258 g/mol. The van der Waals surface area contributed by atoms with Crippen molar-refractivity contribution >= 4 is 11.8 Å². The minimum Gasteiger partial charge on any atom is -0.458 e. The molecule has 0 aliphatic heterocycles. The van der Waals surface area contributed by atoms with Gasteiger partial charge in [-0.1, -0.05) is 45.4 Å². The number of rotatable bonds is 11. The molecule has 18 heavy (non-hydrogen) atoms. The molecule has 0 saturated heterocycles. The van der Waals surface area contributed by atoms with Crippen LogP contribution in [0.15, 0.2) is 0 Å². The highest BCUT2D eigenvalue weighted by Crippen LogP contribution is 2.08. The SMILES string of the molecule is CCCCCCCCCC(=O)OCC(=O)C(C)O. The predicted octanol–water partition coefficient (Wildman–Crippen LogP) is 2.62. The normalized spacial score (nSPS) is 12.2. The molecule has 0 aromatic carbocycles. The molecule has 1 atom stereocenters. The zero-order valence-corrected chi connectivity index (χ0v) is 11.6. The molecule has 0 saturated carbocycles. The average molecular weight is 258 g/mol. The summed E-state index contributed by atoms with van der Waals surface area (Å²) in [5.74, 6) is -0.805. The molecule has 0 bridgehead atoms. The highest BCUT2D eigenvalue weighted by molar-refractivity contribution is 5.85. The van der Waals surface area contributed by atoms with Gasteiger partial charge >= 0.3 is 5.97 Å². The second-order valence-corrected chi connectivity index (χ2v) is 4.67. The number of aliphatic hydroxyl groups excluding tert-OH is 1. The molecule has 0 aromatic heterocycles. The average Bonchev–Trinajstić information content (AvgIpc) is 2.34. The van der Waals surface area contributed by atoms with Crippen molar-refractivity contribution in [3.63, 3.8) is 0 Å². The van der Waals surface area contributed by atoms with Gasteiger partial charge in [-0.05, 0) is 13.3 Å². The topological polar surface area (TPSA) is 63.6 Å². The summed E-state index contributed by atoms with van der Waals surface area (Å²) in [5, 5.41) is 8.91. The zero-order chi connectivity index (χ0) is 13.8. The maximum absolute atomic E-state index is 11.2. The fourth-order valence-electron chi connectivity index (χ4n) is 1.57. The molecule has 0 aromatic rings. The van der Waals surface area contributed by atoms with Crippen molar-refractivity contribution in [2.75, 3.05) is 6.61 Å². The lowest BCUT2D eigenvalue weighted by atomic mass is 10.1. The van der Waals surface area contributed by atoms with Crippen LogP contribution in [-0.2, 0) is 14.3 Å².